The van der Waals surface area contributed by atoms with Crippen molar-refractivity contribution in [1.29, 1.82) is 0 Å². The third-order valence-electron chi connectivity index (χ3n) is 5.45. The third kappa shape index (κ3) is 5.79. The summed E-state index contributed by atoms with van der Waals surface area (Å²) in [5, 5.41) is 0. The molecule has 0 atom stereocenters. The van der Waals surface area contributed by atoms with Gasteiger partial charge in [0.25, 0.3) is 0 Å². The van der Waals surface area contributed by atoms with E-state index in [0.29, 0.717) is 0 Å². The summed E-state index contributed by atoms with van der Waals surface area (Å²) in [6, 6.07) is 8.84. The van der Waals surface area contributed by atoms with Gasteiger partial charge in [0.1, 0.15) is 0 Å². The number of hydrogen-bond donors (Lipinski definition) is 0. The van der Waals surface area contributed by atoms with Crippen LogP contribution >= 0.6 is 0 Å². The quantitative estimate of drug-likeness (QED) is 0.580. The Hall–Kier alpha value is -2.40. The highest BCUT2D eigenvalue weighted by molar-refractivity contribution is 5.44. The lowest BCUT2D eigenvalue weighted by atomic mass is 9.77. The molecular weight excluding hydrogens is 328 g/mol. The van der Waals surface area contributed by atoms with Crippen LogP contribution in [0.5, 0.6) is 0 Å². The van der Waals surface area contributed by atoms with Gasteiger partial charge < -0.3 is 0 Å². The molecule has 27 heavy (non-hydrogen) atoms. The molecule has 1 aliphatic rings. The van der Waals surface area contributed by atoms with Crippen molar-refractivity contribution in [2.24, 2.45) is 5.92 Å². The van der Waals surface area contributed by atoms with E-state index in [-0.39, 0.29) is 0 Å². The molecule has 1 aromatic carbocycles. The second kappa shape index (κ2) is 10.1. The highest BCUT2D eigenvalue weighted by Gasteiger charge is 2.21. The number of hydrogen-bond acceptors (Lipinski definition) is 2. The number of aromatic nitrogens is 2. The summed E-state index contributed by atoms with van der Waals surface area (Å²) < 4.78 is 0. The molecule has 0 aliphatic heterocycles. The van der Waals surface area contributed by atoms with Crippen LogP contribution in [-0.4, -0.2) is 9.97 Å². The molecule has 0 radical (unpaired) electrons. The average molecular weight is 359 g/mol. The van der Waals surface area contributed by atoms with Gasteiger partial charge in [0, 0.05) is 18.0 Å². The molecule has 1 heterocycles. The van der Waals surface area contributed by atoms with E-state index >= 15 is 0 Å². The molecule has 0 spiro atoms. The average Bonchev–Trinajstić information content (AvgIpc) is 2.73. The Morgan fingerprint density at radius 3 is 2.22 bits per heavy atom. The van der Waals surface area contributed by atoms with E-state index in [0.717, 1.165) is 35.2 Å². The number of allylic oxidation sites excluding steroid dienone is 1. The zero-order valence-corrected chi connectivity index (χ0v) is 16.6. The molecule has 1 fully saturated rings. The SMILES string of the molecule is CC/C=C/c1ncc(C#Cc2ccc([C@H]3CC[C@H](CCC)CC3)cc2)cn1. The second-order valence-corrected chi connectivity index (χ2v) is 7.52. The highest BCUT2D eigenvalue weighted by Crippen LogP contribution is 2.37. The fourth-order valence-corrected chi connectivity index (χ4v) is 3.89. The summed E-state index contributed by atoms with van der Waals surface area (Å²) in [6.45, 7) is 4.40. The molecule has 3 rings (SSSR count). The minimum atomic E-state index is 0.734. The van der Waals surface area contributed by atoms with Crippen LogP contribution in [0.4, 0.5) is 0 Å². The van der Waals surface area contributed by atoms with Crippen LogP contribution in [0.3, 0.4) is 0 Å². The number of benzene rings is 1. The van der Waals surface area contributed by atoms with Gasteiger partial charge in [0.2, 0.25) is 0 Å². The Balaban J connectivity index is 1.58. The van der Waals surface area contributed by atoms with Crippen LogP contribution in [0.1, 0.15) is 87.2 Å². The smallest absolute Gasteiger partial charge is 0.151 e. The van der Waals surface area contributed by atoms with Crippen molar-refractivity contribution < 1.29 is 0 Å². The molecule has 1 aliphatic carbocycles. The highest BCUT2D eigenvalue weighted by atomic mass is 14.8. The molecule has 2 nitrogen and oxygen atoms in total. The van der Waals surface area contributed by atoms with Crippen molar-refractivity contribution >= 4 is 6.08 Å². The number of rotatable bonds is 5. The predicted octanol–water partition coefficient (Wildman–Crippen LogP) is 6.37. The normalized spacial score (nSPS) is 19.6. The summed E-state index contributed by atoms with van der Waals surface area (Å²) in [4.78, 5) is 8.65. The fourth-order valence-electron chi connectivity index (χ4n) is 3.89. The lowest BCUT2D eigenvalue weighted by Crippen LogP contribution is -2.13. The van der Waals surface area contributed by atoms with E-state index < -0.39 is 0 Å². The molecule has 0 bridgehead atoms. The van der Waals surface area contributed by atoms with E-state index in [1.165, 1.54) is 44.1 Å². The van der Waals surface area contributed by atoms with Crippen molar-refractivity contribution in [1.82, 2.24) is 9.97 Å². The first-order valence-electron chi connectivity index (χ1n) is 10.4. The monoisotopic (exact) mass is 358 g/mol. The van der Waals surface area contributed by atoms with Crippen molar-refractivity contribution in [2.45, 2.75) is 64.7 Å². The van der Waals surface area contributed by atoms with Crippen molar-refractivity contribution in [3.8, 4) is 11.8 Å². The maximum atomic E-state index is 4.32. The topological polar surface area (TPSA) is 25.8 Å². The van der Waals surface area contributed by atoms with Gasteiger partial charge in [0.15, 0.2) is 5.82 Å². The molecule has 0 N–H and O–H groups in total. The summed E-state index contributed by atoms with van der Waals surface area (Å²) >= 11 is 0. The second-order valence-electron chi connectivity index (χ2n) is 7.52. The molecular formula is C25H30N2. The molecule has 1 aromatic heterocycles. The summed E-state index contributed by atoms with van der Waals surface area (Å²) in [7, 11) is 0. The van der Waals surface area contributed by atoms with Crippen LogP contribution < -0.4 is 0 Å². The molecule has 140 valence electrons. The maximum absolute atomic E-state index is 4.32. The molecule has 2 aromatic rings. The van der Waals surface area contributed by atoms with Crippen molar-refractivity contribution in [3.05, 3.63) is 65.2 Å². The first-order chi connectivity index (χ1) is 13.3. The van der Waals surface area contributed by atoms with Crippen LogP contribution in [0.15, 0.2) is 42.7 Å². The first-order valence-corrected chi connectivity index (χ1v) is 10.4. The Bertz CT molecular complexity index is 783. The first kappa shape index (κ1) is 19.4. The van der Waals surface area contributed by atoms with E-state index in [4.69, 9.17) is 0 Å². The minimum absolute atomic E-state index is 0.734. The maximum Gasteiger partial charge on any atom is 0.151 e. The van der Waals surface area contributed by atoms with Crippen LogP contribution in [0.25, 0.3) is 6.08 Å². The standard InChI is InChI=1S/C25H30N2/c1-3-5-7-25-26-18-22(19-27-25)9-8-21-12-16-24(17-13-21)23-14-10-20(6-4-2)11-15-23/h5,7,12-13,16-20,23H,3-4,6,10-11,14-15H2,1-2H3/b7-5+/t20-,23-. The van der Waals surface area contributed by atoms with E-state index in [1.54, 1.807) is 12.4 Å². The Kier molecular flexibility index (Phi) is 7.22. The van der Waals surface area contributed by atoms with Crippen molar-refractivity contribution in [2.75, 3.05) is 0 Å². The number of nitrogens with zero attached hydrogens (tertiary/aromatic N) is 2. The molecule has 0 unspecified atom stereocenters. The van der Waals surface area contributed by atoms with E-state index in [1.807, 2.05) is 6.08 Å². The largest absolute Gasteiger partial charge is 0.236 e. The van der Waals surface area contributed by atoms with Gasteiger partial charge in [0.05, 0.1) is 5.56 Å². The summed E-state index contributed by atoms with van der Waals surface area (Å²) in [5.74, 6) is 8.82. The van der Waals surface area contributed by atoms with Gasteiger partial charge in [-0.1, -0.05) is 56.7 Å². The van der Waals surface area contributed by atoms with Gasteiger partial charge in [-0.25, -0.2) is 9.97 Å². The fraction of sp³-hybridized carbons (Fsp3) is 0.440. The molecule has 1 saturated carbocycles. The van der Waals surface area contributed by atoms with E-state index in [2.05, 4.69) is 66.0 Å². The van der Waals surface area contributed by atoms with Crippen LogP contribution in [-0.2, 0) is 0 Å². The van der Waals surface area contributed by atoms with Gasteiger partial charge in [-0.3, -0.25) is 0 Å². The van der Waals surface area contributed by atoms with Gasteiger partial charge in [-0.2, -0.15) is 0 Å². The lowest BCUT2D eigenvalue weighted by molar-refractivity contribution is 0.308. The Morgan fingerprint density at radius 1 is 0.926 bits per heavy atom. The summed E-state index contributed by atoms with van der Waals surface area (Å²) in [6.07, 6.45) is 16.7. The zero-order chi connectivity index (χ0) is 18.9. The van der Waals surface area contributed by atoms with Gasteiger partial charge in [-0.05, 0) is 67.7 Å². The van der Waals surface area contributed by atoms with E-state index in [9.17, 15) is 0 Å². The molecule has 0 amide bonds. The van der Waals surface area contributed by atoms with Gasteiger partial charge in [-0.15, -0.1) is 0 Å². The van der Waals surface area contributed by atoms with Gasteiger partial charge >= 0.3 is 0 Å². The zero-order valence-electron chi connectivity index (χ0n) is 16.6. The molecule has 2 heteroatoms. The summed E-state index contributed by atoms with van der Waals surface area (Å²) in [5.41, 5.74) is 3.38. The molecule has 0 saturated heterocycles. The van der Waals surface area contributed by atoms with Crippen LogP contribution in [0.2, 0.25) is 0 Å². The Labute approximate surface area is 164 Å². The minimum Gasteiger partial charge on any atom is -0.236 e. The lowest BCUT2D eigenvalue weighted by Gasteiger charge is -2.28. The van der Waals surface area contributed by atoms with Crippen molar-refractivity contribution in [3.63, 3.8) is 0 Å². The Morgan fingerprint density at radius 2 is 1.59 bits per heavy atom. The van der Waals surface area contributed by atoms with Crippen LogP contribution in [0, 0.1) is 17.8 Å². The predicted molar refractivity (Wildman–Crippen MR) is 113 cm³/mol. The third-order valence-corrected chi connectivity index (χ3v) is 5.45.